The molecule has 0 fully saturated rings. The Morgan fingerprint density at radius 3 is 1.44 bits per heavy atom. The average molecular weight is 237 g/mol. The molecule has 0 unspecified atom stereocenters. The van der Waals surface area contributed by atoms with Crippen molar-refractivity contribution in [3.63, 3.8) is 0 Å². The Labute approximate surface area is 111 Å². The third kappa shape index (κ3) is 3.46. The van der Waals surface area contributed by atoms with E-state index < -0.39 is 0 Å². The van der Waals surface area contributed by atoms with Crippen molar-refractivity contribution in [2.24, 2.45) is 5.41 Å². The second-order valence-electron chi connectivity index (χ2n) is 5.95. The molecule has 2 rings (SSSR count). The minimum absolute atomic E-state index is 0.293. The van der Waals surface area contributed by atoms with Gasteiger partial charge in [0, 0.05) is 5.92 Å². The monoisotopic (exact) mass is 237 g/mol. The smallest absolute Gasteiger partial charge is 0.0345 e. The van der Waals surface area contributed by atoms with Gasteiger partial charge in [0.05, 0.1) is 0 Å². The van der Waals surface area contributed by atoms with Crippen LogP contribution in [0.4, 0.5) is 0 Å². The molecule has 2 aromatic carbocycles. The van der Waals surface area contributed by atoms with Crippen molar-refractivity contribution in [2.45, 2.75) is 27.2 Å². The molecule has 0 aliphatic heterocycles. The normalized spacial score (nSPS) is 11.8. The van der Waals surface area contributed by atoms with E-state index >= 15 is 0 Å². The molecular formula is C18H21. The first-order valence-electron chi connectivity index (χ1n) is 6.53. The maximum Gasteiger partial charge on any atom is 0.0345 e. The number of hydrogen-bond acceptors (Lipinski definition) is 0. The van der Waals surface area contributed by atoms with Gasteiger partial charge in [-0.1, -0.05) is 81.4 Å². The standard InChI is InChI=1S/C18H21/c1-18(2,3)14-17(15-10-6-4-7-11-15)16-12-8-5-9-13-16/h4-13H,14H2,1-3H3. The lowest BCUT2D eigenvalue weighted by Gasteiger charge is -2.26. The van der Waals surface area contributed by atoms with Crippen LogP contribution in [0.15, 0.2) is 60.7 Å². The zero-order chi connectivity index (χ0) is 13.0. The molecule has 18 heavy (non-hydrogen) atoms. The van der Waals surface area contributed by atoms with E-state index in [0.29, 0.717) is 5.41 Å². The molecule has 0 nitrogen and oxygen atoms in total. The van der Waals surface area contributed by atoms with Gasteiger partial charge < -0.3 is 0 Å². The number of hydrogen-bond donors (Lipinski definition) is 0. The van der Waals surface area contributed by atoms with E-state index in [1.165, 1.54) is 17.0 Å². The summed E-state index contributed by atoms with van der Waals surface area (Å²) in [6, 6.07) is 21.4. The summed E-state index contributed by atoms with van der Waals surface area (Å²) >= 11 is 0. The summed E-state index contributed by atoms with van der Waals surface area (Å²) in [5, 5.41) is 0. The Balaban J connectivity index is 2.36. The summed E-state index contributed by atoms with van der Waals surface area (Å²) in [6.07, 6.45) is 1.08. The molecule has 93 valence electrons. The minimum Gasteiger partial charge on any atom is -0.0622 e. The summed E-state index contributed by atoms with van der Waals surface area (Å²) in [5.41, 5.74) is 2.96. The van der Waals surface area contributed by atoms with Gasteiger partial charge in [0.15, 0.2) is 0 Å². The summed E-state index contributed by atoms with van der Waals surface area (Å²) in [5.74, 6) is 1.43. The Morgan fingerprint density at radius 2 is 1.11 bits per heavy atom. The minimum atomic E-state index is 0.293. The van der Waals surface area contributed by atoms with Crippen LogP contribution in [-0.4, -0.2) is 0 Å². The molecule has 1 radical (unpaired) electrons. The molecule has 2 aromatic rings. The van der Waals surface area contributed by atoms with Gasteiger partial charge in [-0.05, 0) is 23.0 Å². The van der Waals surface area contributed by atoms with Crippen LogP contribution in [0.3, 0.4) is 0 Å². The lowest BCUT2D eigenvalue weighted by Crippen LogP contribution is -2.13. The zero-order valence-corrected chi connectivity index (χ0v) is 11.5. The quantitative estimate of drug-likeness (QED) is 0.697. The van der Waals surface area contributed by atoms with Crippen LogP contribution in [0.1, 0.15) is 38.3 Å². The fourth-order valence-corrected chi connectivity index (χ4v) is 2.18. The van der Waals surface area contributed by atoms with Gasteiger partial charge in [-0.3, -0.25) is 0 Å². The average Bonchev–Trinajstić information content (AvgIpc) is 2.37. The SMILES string of the molecule is CC(C)(C)C[C](c1ccccc1)c1ccccc1. The lowest BCUT2D eigenvalue weighted by atomic mass is 9.78. The van der Waals surface area contributed by atoms with Gasteiger partial charge in [-0.2, -0.15) is 0 Å². The predicted octanol–water partition coefficient (Wildman–Crippen LogP) is 5.09. The first kappa shape index (κ1) is 12.9. The molecule has 0 atom stereocenters. The highest BCUT2D eigenvalue weighted by molar-refractivity contribution is 5.45. The third-order valence-corrected chi connectivity index (χ3v) is 2.95. The van der Waals surface area contributed by atoms with Gasteiger partial charge in [-0.25, -0.2) is 0 Å². The van der Waals surface area contributed by atoms with E-state index in [4.69, 9.17) is 0 Å². The Hall–Kier alpha value is -1.56. The van der Waals surface area contributed by atoms with Crippen LogP contribution in [-0.2, 0) is 0 Å². The van der Waals surface area contributed by atoms with Crippen LogP contribution in [0.2, 0.25) is 0 Å². The molecule has 0 spiro atoms. The highest BCUT2D eigenvalue weighted by Gasteiger charge is 2.22. The van der Waals surface area contributed by atoms with Crippen LogP contribution in [0.25, 0.3) is 0 Å². The van der Waals surface area contributed by atoms with Crippen molar-refractivity contribution >= 4 is 0 Å². The highest BCUT2D eigenvalue weighted by atomic mass is 14.3. The largest absolute Gasteiger partial charge is 0.0622 e. The molecule has 0 aliphatic carbocycles. The Morgan fingerprint density at radius 1 is 0.722 bits per heavy atom. The van der Waals surface area contributed by atoms with E-state index in [9.17, 15) is 0 Å². The van der Waals surface area contributed by atoms with E-state index in [1.54, 1.807) is 0 Å². The number of benzene rings is 2. The molecule has 0 saturated heterocycles. The maximum absolute atomic E-state index is 2.29. The van der Waals surface area contributed by atoms with E-state index in [-0.39, 0.29) is 0 Å². The molecule has 0 bridgehead atoms. The zero-order valence-electron chi connectivity index (χ0n) is 11.5. The molecule has 0 N–H and O–H groups in total. The van der Waals surface area contributed by atoms with Crippen molar-refractivity contribution in [2.75, 3.05) is 0 Å². The maximum atomic E-state index is 2.29. The molecule has 0 saturated carbocycles. The summed E-state index contributed by atoms with van der Waals surface area (Å²) in [6.45, 7) is 6.87. The third-order valence-electron chi connectivity index (χ3n) is 2.95. The van der Waals surface area contributed by atoms with Crippen molar-refractivity contribution in [3.8, 4) is 0 Å². The van der Waals surface area contributed by atoms with Gasteiger partial charge in [0.25, 0.3) is 0 Å². The topological polar surface area (TPSA) is 0 Å². The predicted molar refractivity (Wildman–Crippen MR) is 78.4 cm³/mol. The molecule has 0 aliphatic rings. The van der Waals surface area contributed by atoms with Crippen molar-refractivity contribution in [3.05, 3.63) is 77.7 Å². The van der Waals surface area contributed by atoms with E-state index in [2.05, 4.69) is 81.4 Å². The molecule has 0 amide bonds. The summed E-state index contributed by atoms with van der Waals surface area (Å²) < 4.78 is 0. The van der Waals surface area contributed by atoms with E-state index in [0.717, 1.165) is 6.42 Å². The van der Waals surface area contributed by atoms with Crippen LogP contribution < -0.4 is 0 Å². The van der Waals surface area contributed by atoms with Crippen LogP contribution in [0, 0.1) is 11.3 Å². The second-order valence-corrected chi connectivity index (χ2v) is 5.95. The van der Waals surface area contributed by atoms with Crippen molar-refractivity contribution in [1.82, 2.24) is 0 Å². The van der Waals surface area contributed by atoms with Crippen LogP contribution in [0.5, 0.6) is 0 Å². The van der Waals surface area contributed by atoms with Gasteiger partial charge in [0.2, 0.25) is 0 Å². The van der Waals surface area contributed by atoms with Crippen molar-refractivity contribution in [1.29, 1.82) is 0 Å². The molecule has 0 aromatic heterocycles. The molecule has 0 heterocycles. The lowest BCUT2D eigenvalue weighted by molar-refractivity contribution is 0.397. The van der Waals surface area contributed by atoms with Crippen molar-refractivity contribution < 1.29 is 0 Å². The second kappa shape index (κ2) is 5.39. The van der Waals surface area contributed by atoms with Gasteiger partial charge in [-0.15, -0.1) is 0 Å². The van der Waals surface area contributed by atoms with E-state index in [1.807, 2.05) is 0 Å². The first-order valence-corrected chi connectivity index (χ1v) is 6.53. The van der Waals surface area contributed by atoms with Crippen LogP contribution >= 0.6 is 0 Å². The van der Waals surface area contributed by atoms with Gasteiger partial charge in [0.1, 0.15) is 0 Å². The fraction of sp³-hybridized carbons (Fsp3) is 0.278. The number of rotatable bonds is 3. The Kier molecular flexibility index (Phi) is 3.86. The van der Waals surface area contributed by atoms with Gasteiger partial charge >= 0.3 is 0 Å². The summed E-state index contributed by atoms with van der Waals surface area (Å²) in [7, 11) is 0. The first-order chi connectivity index (χ1) is 8.56. The Bertz CT molecular complexity index is 423. The fourth-order valence-electron chi connectivity index (χ4n) is 2.18. The highest BCUT2D eigenvalue weighted by Crippen LogP contribution is 2.35. The summed E-state index contributed by atoms with van der Waals surface area (Å²) in [4.78, 5) is 0. The molecule has 0 heteroatoms. The molecular weight excluding hydrogens is 216 g/mol.